The van der Waals surface area contributed by atoms with E-state index in [0.717, 1.165) is 16.1 Å². The van der Waals surface area contributed by atoms with Crippen LogP contribution in [0.15, 0.2) is 59.5 Å². The Labute approximate surface area is 139 Å². The zero-order chi connectivity index (χ0) is 16.2. The third kappa shape index (κ3) is 3.24. The van der Waals surface area contributed by atoms with E-state index in [0.29, 0.717) is 6.61 Å². The molecule has 0 saturated carbocycles. The summed E-state index contributed by atoms with van der Waals surface area (Å²) in [6.45, 7) is 2.00. The van der Waals surface area contributed by atoms with E-state index >= 15 is 0 Å². The Kier molecular flexibility index (Phi) is 4.67. The molecule has 1 amide bonds. The largest absolute Gasteiger partial charge is 0.465 e. The summed E-state index contributed by atoms with van der Waals surface area (Å²) in [7, 11) is 0. The molecule has 1 aliphatic rings. The zero-order valence-corrected chi connectivity index (χ0v) is 13.6. The second-order valence-electron chi connectivity index (χ2n) is 5.11. The van der Waals surface area contributed by atoms with Gasteiger partial charge in [-0.2, -0.15) is 0 Å². The molecule has 5 heteroatoms. The molecule has 3 rings (SSSR count). The summed E-state index contributed by atoms with van der Waals surface area (Å²) in [5.74, 6) is -0.484. The summed E-state index contributed by atoms with van der Waals surface area (Å²) in [6.07, 6.45) is 0. The molecule has 1 atom stereocenters. The van der Waals surface area contributed by atoms with Gasteiger partial charge in [-0.1, -0.05) is 42.5 Å². The first-order valence-corrected chi connectivity index (χ1v) is 8.36. The van der Waals surface area contributed by atoms with E-state index in [1.54, 1.807) is 6.92 Å². The van der Waals surface area contributed by atoms with Crippen molar-refractivity contribution in [2.75, 3.05) is 18.1 Å². The normalized spacial score (nSPS) is 16.8. The minimum absolute atomic E-state index is 0.0619. The van der Waals surface area contributed by atoms with E-state index in [2.05, 4.69) is 0 Å². The van der Waals surface area contributed by atoms with E-state index in [1.165, 1.54) is 16.7 Å². The van der Waals surface area contributed by atoms with Crippen LogP contribution in [-0.4, -0.2) is 25.0 Å². The summed E-state index contributed by atoms with van der Waals surface area (Å²) in [5, 5.41) is -0.347. The van der Waals surface area contributed by atoms with Crippen molar-refractivity contribution >= 4 is 29.3 Å². The molecule has 0 radical (unpaired) electrons. The van der Waals surface area contributed by atoms with Crippen molar-refractivity contribution in [2.45, 2.75) is 17.1 Å². The van der Waals surface area contributed by atoms with Crippen molar-refractivity contribution in [1.82, 2.24) is 0 Å². The number of rotatable bonds is 4. The highest BCUT2D eigenvalue weighted by Gasteiger charge is 2.35. The lowest BCUT2D eigenvalue weighted by Crippen LogP contribution is -2.41. The zero-order valence-electron chi connectivity index (χ0n) is 12.8. The number of fused-ring (bicyclic) bond motifs is 1. The fourth-order valence-electron chi connectivity index (χ4n) is 2.55. The van der Waals surface area contributed by atoms with Gasteiger partial charge >= 0.3 is 5.97 Å². The molecule has 0 saturated heterocycles. The molecule has 1 aliphatic heterocycles. The third-order valence-corrected chi connectivity index (χ3v) is 4.89. The predicted molar refractivity (Wildman–Crippen MR) is 90.5 cm³/mol. The van der Waals surface area contributed by atoms with Crippen LogP contribution in [-0.2, 0) is 14.3 Å². The van der Waals surface area contributed by atoms with Gasteiger partial charge in [0, 0.05) is 4.90 Å². The van der Waals surface area contributed by atoms with Gasteiger partial charge in [0.2, 0.25) is 5.91 Å². The van der Waals surface area contributed by atoms with E-state index < -0.39 is 5.97 Å². The molecule has 1 unspecified atom stereocenters. The molecule has 4 nitrogen and oxygen atoms in total. The maximum atomic E-state index is 12.9. The highest BCUT2D eigenvalue weighted by molar-refractivity contribution is 8.00. The number of nitrogens with zero attached hydrogens (tertiary/aromatic N) is 1. The topological polar surface area (TPSA) is 46.6 Å². The van der Waals surface area contributed by atoms with Crippen LogP contribution in [0, 0.1) is 0 Å². The maximum absolute atomic E-state index is 12.9. The van der Waals surface area contributed by atoms with E-state index in [9.17, 15) is 9.59 Å². The van der Waals surface area contributed by atoms with Crippen molar-refractivity contribution < 1.29 is 14.3 Å². The standard InChI is InChI=1S/C18H17NO3S/c1-2-22-16(20)12-19-14-10-6-7-11-15(14)23-17(18(19)21)13-8-4-3-5-9-13/h3-11,17H,2,12H2,1H3. The van der Waals surface area contributed by atoms with Crippen LogP contribution < -0.4 is 4.90 Å². The molecule has 0 fully saturated rings. The van der Waals surface area contributed by atoms with Gasteiger partial charge in [-0.3, -0.25) is 14.5 Å². The van der Waals surface area contributed by atoms with Gasteiger partial charge in [0.05, 0.1) is 12.3 Å². The Balaban J connectivity index is 1.96. The van der Waals surface area contributed by atoms with E-state index in [4.69, 9.17) is 4.74 Å². The first kappa shape index (κ1) is 15.6. The second kappa shape index (κ2) is 6.87. The second-order valence-corrected chi connectivity index (χ2v) is 6.25. The Morgan fingerprint density at radius 1 is 1.13 bits per heavy atom. The molecule has 0 bridgehead atoms. The summed E-state index contributed by atoms with van der Waals surface area (Å²) in [6, 6.07) is 17.3. The number of benzene rings is 2. The molecule has 23 heavy (non-hydrogen) atoms. The minimum Gasteiger partial charge on any atom is -0.465 e. The molecule has 118 valence electrons. The maximum Gasteiger partial charge on any atom is 0.326 e. The SMILES string of the molecule is CCOC(=O)CN1C(=O)C(c2ccccc2)Sc2ccccc21. The van der Waals surface area contributed by atoms with Gasteiger partial charge in [0.15, 0.2) is 0 Å². The Hall–Kier alpha value is -2.27. The molecule has 2 aromatic rings. The number of carbonyl (C=O) groups excluding carboxylic acids is 2. The molecular weight excluding hydrogens is 310 g/mol. The van der Waals surface area contributed by atoms with Crippen molar-refractivity contribution in [3.63, 3.8) is 0 Å². The number of esters is 1. The average molecular weight is 327 g/mol. The monoisotopic (exact) mass is 327 g/mol. The lowest BCUT2D eigenvalue weighted by molar-refractivity contribution is -0.142. The van der Waals surface area contributed by atoms with Crippen molar-refractivity contribution in [1.29, 1.82) is 0 Å². The summed E-state index contributed by atoms with van der Waals surface area (Å²) in [5.41, 5.74) is 1.70. The molecular formula is C18H17NO3S. The van der Waals surface area contributed by atoms with E-state index in [-0.39, 0.29) is 17.7 Å². The van der Waals surface area contributed by atoms with Crippen molar-refractivity contribution in [2.24, 2.45) is 0 Å². The van der Waals surface area contributed by atoms with Crippen LogP contribution in [0.3, 0.4) is 0 Å². The first-order chi connectivity index (χ1) is 11.2. The average Bonchev–Trinajstić information content (AvgIpc) is 2.58. The molecule has 0 aliphatic carbocycles. The van der Waals surface area contributed by atoms with Gasteiger partial charge in [0.25, 0.3) is 0 Å². The number of carbonyl (C=O) groups is 2. The number of hydrogen-bond donors (Lipinski definition) is 0. The number of anilines is 1. The quantitative estimate of drug-likeness (QED) is 0.807. The number of amides is 1. The van der Waals surface area contributed by atoms with Crippen LogP contribution in [0.2, 0.25) is 0 Å². The Morgan fingerprint density at radius 3 is 2.57 bits per heavy atom. The third-order valence-electron chi connectivity index (χ3n) is 3.59. The Morgan fingerprint density at radius 2 is 1.83 bits per heavy atom. The molecule has 1 heterocycles. The van der Waals surface area contributed by atoms with Crippen LogP contribution in [0.4, 0.5) is 5.69 Å². The predicted octanol–water partition coefficient (Wildman–Crippen LogP) is 3.43. The highest BCUT2D eigenvalue weighted by atomic mass is 32.2. The number of thioether (sulfide) groups is 1. The summed E-state index contributed by atoms with van der Waals surface area (Å²) < 4.78 is 5.01. The van der Waals surface area contributed by atoms with E-state index in [1.807, 2.05) is 54.6 Å². The fourth-order valence-corrected chi connectivity index (χ4v) is 3.79. The van der Waals surface area contributed by atoms with Gasteiger partial charge in [0.1, 0.15) is 11.8 Å². The molecule has 0 spiro atoms. The van der Waals surface area contributed by atoms with Gasteiger partial charge < -0.3 is 4.74 Å². The lowest BCUT2D eigenvalue weighted by atomic mass is 10.1. The molecule has 0 aromatic heterocycles. The van der Waals surface area contributed by atoms with Gasteiger partial charge in [-0.05, 0) is 24.6 Å². The minimum atomic E-state index is -0.394. The Bertz CT molecular complexity index is 717. The van der Waals surface area contributed by atoms with Crippen LogP contribution in [0.25, 0.3) is 0 Å². The van der Waals surface area contributed by atoms with Crippen molar-refractivity contribution in [3.05, 3.63) is 60.2 Å². The first-order valence-electron chi connectivity index (χ1n) is 7.48. The molecule has 0 N–H and O–H groups in total. The van der Waals surface area contributed by atoms with Crippen LogP contribution >= 0.6 is 11.8 Å². The smallest absolute Gasteiger partial charge is 0.326 e. The number of ether oxygens (including phenoxy) is 1. The van der Waals surface area contributed by atoms with Gasteiger partial charge in [-0.25, -0.2) is 0 Å². The molecule has 2 aromatic carbocycles. The lowest BCUT2D eigenvalue weighted by Gasteiger charge is -2.33. The van der Waals surface area contributed by atoms with Crippen molar-refractivity contribution in [3.8, 4) is 0 Å². The highest BCUT2D eigenvalue weighted by Crippen LogP contribution is 2.46. The summed E-state index contributed by atoms with van der Waals surface area (Å²) >= 11 is 1.52. The number of para-hydroxylation sites is 1. The van der Waals surface area contributed by atoms with Crippen LogP contribution in [0.5, 0.6) is 0 Å². The summed E-state index contributed by atoms with van der Waals surface area (Å²) in [4.78, 5) is 27.3. The number of hydrogen-bond acceptors (Lipinski definition) is 4. The fraction of sp³-hybridized carbons (Fsp3) is 0.222. The van der Waals surface area contributed by atoms with Gasteiger partial charge in [-0.15, -0.1) is 11.8 Å². The van der Waals surface area contributed by atoms with Crippen LogP contribution in [0.1, 0.15) is 17.7 Å².